The molecule has 1 aliphatic rings. The summed E-state index contributed by atoms with van der Waals surface area (Å²) < 4.78 is 0. The summed E-state index contributed by atoms with van der Waals surface area (Å²) in [6.07, 6.45) is 4.69. The molecule has 1 nitrogen and oxygen atoms in total. The first-order valence-electron chi connectivity index (χ1n) is 6.67. The van der Waals surface area contributed by atoms with Gasteiger partial charge in [0.05, 0.1) is 0 Å². The van der Waals surface area contributed by atoms with Crippen molar-refractivity contribution in [2.24, 2.45) is 5.41 Å². The van der Waals surface area contributed by atoms with Gasteiger partial charge in [0.25, 0.3) is 0 Å². The number of carbonyl (C=O) groups excluding carboxylic acids is 1. The molecule has 0 amide bonds. The third-order valence-corrected chi connectivity index (χ3v) is 3.07. The Bertz CT molecular complexity index is 412. The molecule has 0 fully saturated rings. The van der Waals surface area contributed by atoms with Crippen LogP contribution in [-0.2, 0) is 11.2 Å². The number of allylic oxidation sites excluding steroid dienone is 2. The number of benzene rings is 1. The summed E-state index contributed by atoms with van der Waals surface area (Å²) in [6, 6.07) is 10.5. The molecule has 1 aliphatic carbocycles. The van der Waals surface area contributed by atoms with Crippen LogP contribution in [0.5, 0.6) is 0 Å². The van der Waals surface area contributed by atoms with Gasteiger partial charge in [-0.15, -0.1) is 0 Å². The molecular formula is C17H24O. The average molecular weight is 244 g/mol. The highest BCUT2D eigenvalue weighted by molar-refractivity contribution is 5.91. The second kappa shape index (κ2) is 6.53. The molecule has 2 rings (SSSR count). The van der Waals surface area contributed by atoms with Crippen LogP contribution in [-0.4, -0.2) is 5.78 Å². The standard InChI is InChI=1S/C9H14O.C8H10/c1-7-4-8(10)6-9(2,3)5-7;1-2-8-6-4-3-5-7-8/h4H,5-6H2,1-3H3;3-7H,2H2,1H3. The van der Waals surface area contributed by atoms with Crippen molar-refractivity contribution in [3.63, 3.8) is 0 Å². The highest BCUT2D eigenvalue weighted by Crippen LogP contribution is 2.32. The van der Waals surface area contributed by atoms with E-state index in [9.17, 15) is 4.79 Å². The maximum atomic E-state index is 11.0. The van der Waals surface area contributed by atoms with E-state index in [-0.39, 0.29) is 11.2 Å². The lowest BCUT2D eigenvalue weighted by Gasteiger charge is -2.27. The first-order valence-corrected chi connectivity index (χ1v) is 6.67. The van der Waals surface area contributed by atoms with Crippen molar-refractivity contribution in [3.8, 4) is 0 Å². The van der Waals surface area contributed by atoms with Gasteiger partial charge in [0.15, 0.2) is 5.78 Å². The van der Waals surface area contributed by atoms with Gasteiger partial charge in [0, 0.05) is 6.42 Å². The Balaban J connectivity index is 0.000000184. The quantitative estimate of drug-likeness (QED) is 0.707. The van der Waals surface area contributed by atoms with Crippen LogP contribution in [0.3, 0.4) is 0 Å². The number of ketones is 1. The van der Waals surface area contributed by atoms with Crippen molar-refractivity contribution >= 4 is 5.78 Å². The molecule has 1 aromatic rings. The van der Waals surface area contributed by atoms with Gasteiger partial charge < -0.3 is 0 Å². The predicted molar refractivity (Wildman–Crippen MR) is 77.6 cm³/mol. The molecule has 1 aromatic carbocycles. The van der Waals surface area contributed by atoms with E-state index in [1.54, 1.807) is 6.08 Å². The molecule has 0 saturated carbocycles. The summed E-state index contributed by atoms with van der Waals surface area (Å²) in [6.45, 7) is 8.47. The Kier molecular flexibility index (Phi) is 5.33. The van der Waals surface area contributed by atoms with E-state index < -0.39 is 0 Å². The first-order chi connectivity index (χ1) is 8.43. The fourth-order valence-corrected chi connectivity index (χ4v) is 2.38. The number of rotatable bonds is 1. The van der Waals surface area contributed by atoms with Gasteiger partial charge in [0.1, 0.15) is 0 Å². The van der Waals surface area contributed by atoms with E-state index in [4.69, 9.17) is 0 Å². The summed E-state index contributed by atoms with van der Waals surface area (Å²) in [7, 11) is 0. The molecular weight excluding hydrogens is 220 g/mol. The maximum absolute atomic E-state index is 11.0. The zero-order chi connectivity index (χ0) is 13.6. The SMILES string of the molecule is CC1=CC(=O)CC(C)(C)C1.CCc1ccccc1. The summed E-state index contributed by atoms with van der Waals surface area (Å²) in [5, 5.41) is 0. The van der Waals surface area contributed by atoms with Gasteiger partial charge in [-0.2, -0.15) is 0 Å². The Morgan fingerprint density at radius 2 is 1.72 bits per heavy atom. The molecule has 0 atom stereocenters. The summed E-state index contributed by atoms with van der Waals surface area (Å²) in [4.78, 5) is 11.0. The molecule has 18 heavy (non-hydrogen) atoms. The molecule has 0 N–H and O–H groups in total. The monoisotopic (exact) mass is 244 g/mol. The summed E-state index contributed by atoms with van der Waals surface area (Å²) in [5.74, 6) is 0.286. The second-order valence-corrected chi connectivity index (χ2v) is 5.81. The molecule has 0 spiro atoms. The summed E-state index contributed by atoms with van der Waals surface area (Å²) >= 11 is 0. The minimum atomic E-state index is 0.204. The summed E-state index contributed by atoms with van der Waals surface area (Å²) in [5.41, 5.74) is 2.84. The van der Waals surface area contributed by atoms with Crippen molar-refractivity contribution in [1.82, 2.24) is 0 Å². The molecule has 0 heterocycles. The molecule has 0 aromatic heterocycles. The molecule has 98 valence electrons. The Hall–Kier alpha value is -1.37. The van der Waals surface area contributed by atoms with Crippen LogP contribution in [0.4, 0.5) is 0 Å². The van der Waals surface area contributed by atoms with E-state index >= 15 is 0 Å². The van der Waals surface area contributed by atoms with Gasteiger partial charge >= 0.3 is 0 Å². The van der Waals surface area contributed by atoms with Crippen LogP contribution < -0.4 is 0 Å². The lowest BCUT2D eigenvalue weighted by atomic mass is 9.77. The minimum Gasteiger partial charge on any atom is -0.295 e. The Labute approximate surface area is 111 Å². The fraction of sp³-hybridized carbons (Fsp3) is 0.471. The topological polar surface area (TPSA) is 17.1 Å². The number of hydrogen-bond donors (Lipinski definition) is 0. The molecule has 1 heteroatoms. The van der Waals surface area contributed by atoms with Gasteiger partial charge in [-0.1, -0.05) is 56.7 Å². The van der Waals surface area contributed by atoms with E-state index in [1.165, 1.54) is 11.1 Å². The third-order valence-electron chi connectivity index (χ3n) is 3.07. The Morgan fingerprint density at radius 1 is 1.11 bits per heavy atom. The molecule has 0 unspecified atom stereocenters. The van der Waals surface area contributed by atoms with Crippen LogP contribution in [0.15, 0.2) is 42.0 Å². The van der Waals surface area contributed by atoms with Crippen LogP contribution >= 0.6 is 0 Å². The van der Waals surface area contributed by atoms with E-state index in [1.807, 2.05) is 13.0 Å². The lowest BCUT2D eigenvalue weighted by molar-refractivity contribution is -0.117. The van der Waals surface area contributed by atoms with Crippen LogP contribution in [0.1, 0.15) is 46.1 Å². The molecule has 0 radical (unpaired) electrons. The highest BCUT2D eigenvalue weighted by Gasteiger charge is 2.25. The number of carbonyl (C=O) groups is 1. The maximum Gasteiger partial charge on any atom is 0.156 e. The van der Waals surface area contributed by atoms with Gasteiger partial charge in [-0.3, -0.25) is 4.79 Å². The number of aryl methyl sites for hydroxylation is 1. The highest BCUT2D eigenvalue weighted by atomic mass is 16.1. The lowest BCUT2D eigenvalue weighted by Crippen LogP contribution is -2.20. The van der Waals surface area contributed by atoms with Crippen molar-refractivity contribution in [3.05, 3.63) is 47.5 Å². The van der Waals surface area contributed by atoms with E-state index in [0.29, 0.717) is 6.42 Å². The average Bonchev–Trinajstić information content (AvgIpc) is 2.27. The molecule has 0 bridgehead atoms. The molecule has 0 saturated heterocycles. The third kappa shape index (κ3) is 5.31. The van der Waals surface area contributed by atoms with E-state index in [2.05, 4.69) is 45.0 Å². The van der Waals surface area contributed by atoms with Crippen LogP contribution in [0, 0.1) is 5.41 Å². The normalized spacial score (nSPS) is 17.6. The van der Waals surface area contributed by atoms with E-state index in [0.717, 1.165) is 12.8 Å². The largest absolute Gasteiger partial charge is 0.295 e. The van der Waals surface area contributed by atoms with Crippen molar-refractivity contribution in [2.45, 2.75) is 47.0 Å². The van der Waals surface area contributed by atoms with Crippen LogP contribution in [0.2, 0.25) is 0 Å². The second-order valence-electron chi connectivity index (χ2n) is 5.81. The van der Waals surface area contributed by atoms with Crippen molar-refractivity contribution in [1.29, 1.82) is 0 Å². The smallest absolute Gasteiger partial charge is 0.156 e. The Morgan fingerprint density at radius 3 is 2.11 bits per heavy atom. The van der Waals surface area contributed by atoms with Gasteiger partial charge in [-0.05, 0) is 36.8 Å². The zero-order valence-corrected chi connectivity index (χ0v) is 12.0. The minimum absolute atomic E-state index is 0.204. The predicted octanol–water partition coefficient (Wildman–Crippen LogP) is 4.57. The van der Waals surface area contributed by atoms with Crippen molar-refractivity contribution in [2.75, 3.05) is 0 Å². The molecule has 0 aliphatic heterocycles. The zero-order valence-electron chi connectivity index (χ0n) is 12.0. The van der Waals surface area contributed by atoms with Gasteiger partial charge in [-0.25, -0.2) is 0 Å². The fourth-order valence-electron chi connectivity index (χ4n) is 2.38. The number of hydrogen-bond acceptors (Lipinski definition) is 1. The van der Waals surface area contributed by atoms with Crippen molar-refractivity contribution < 1.29 is 4.79 Å². The first kappa shape index (κ1) is 14.7. The van der Waals surface area contributed by atoms with Crippen LogP contribution in [0.25, 0.3) is 0 Å². The van der Waals surface area contributed by atoms with Gasteiger partial charge in [0.2, 0.25) is 0 Å².